The molecule has 0 aliphatic heterocycles. The van der Waals surface area contributed by atoms with Crippen LogP contribution in [0.5, 0.6) is 0 Å². The van der Waals surface area contributed by atoms with Crippen LogP contribution in [0.4, 0.5) is 0 Å². The molecule has 1 unspecified atom stereocenters. The predicted octanol–water partition coefficient (Wildman–Crippen LogP) is 4.13. The van der Waals surface area contributed by atoms with E-state index in [4.69, 9.17) is 5.26 Å². The van der Waals surface area contributed by atoms with Gasteiger partial charge in [0.25, 0.3) is 0 Å². The first-order chi connectivity index (χ1) is 11.1. The molecule has 0 radical (unpaired) electrons. The number of nitrogens with zero attached hydrogens (tertiary/aromatic N) is 2. The lowest BCUT2D eigenvalue weighted by Crippen LogP contribution is -2.33. The maximum absolute atomic E-state index is 12.1. The van der Waals surface area contributed by atoms with Crippen LogP contribution in [0.1, 0.15) is 18.9 Å². The Morgan fingerprint density at radius 2 is 1.87 bits per heavy atom. The molecule has 0 aromatic heterocycles. The highest BCUT2D eigenvalue weighted by Gasteiger charge is 2.12. The van der Waals surface area contributed by atoms with Crippen LogP contribution in [0.25, 0.3) is 17.2 Å². The highest BCUT2D eigenvalue weighted by molar-refractivity contribution is 5.92. The number of carbonyl (C=O) groups is 1. The van der Waals surface area contributed by atoms with Gasteiger partial charge in [0.15, 0.2) is 0 Å². The van der Waals surface area contributed by atoms with E-state index in [0.717, 1.165) is 16.7 Å². The first-order valence-corrected chi connectivity index (χ1v) is 7.59. The van der Waals surface area contributed by atoms with Crippen molar-refractivity contribution in [2.75, 3.05) is 7.05 Å². The van der Waals surface area contributed by atoms with Gasteiger partial charge in [0.05, 0.1) is 12.5 Å². The Labute approximate surface area is 137 Å². The Hall–Kier alpha value is -2.86. The Morgan fingerprint density at radius 1 is 1.17 bits per heavy atom. The van der Waals surface area contributed by atoms with E-state index in [1.54, 1.807) is 18.0 Å². The number of nitriles is 1. The lowest BCUT2D eigenvalue weighted by molar-refractivity contribution is -0.126. The van der Waals surface area contributed by atoms with Crippen molar-refractivity contribution < 1.29 is 4.79 Å². The molecule has 0 fully saturated rings. The number of likely N-dealkylation sites (N-methyl/N-ethyl adjacent to an activating group) is 1. The molecule has 0 spiro atoms. The number of benzene rings is 2. The fourth-order valence-corrected chi connectivity index (χ4v) is 2.22. The van der Waals surface area contributed by atoms with Gasteiger partial charge in [-0.25, -0.2) is 0 Å². The summed E-state index contributed by atoms with van der Waals surface area (Å²) in [6.07, 6.45) is 3.70. The van der Waals surface area contributed by atoms with Crippen molar-refractivity contribution in [3.63, 3.8) is 0 Å². The van der Waals surface area contributed by atoms with Crippen molar-refractivity contribution in [1.82, 2.24) is 4.90 Å². The van der Waals surface area contributed by atoms with Crippen LogP contribution in [0, 0.1) is 11.3 Å². The van der Waals surface area contributed by atoms with Crippen LogP contribution < -0.4 is 0 Å². The molecule has 0 aliphatic carbocycles. The number of hydrogen-bond donors (Lipinski definition) is 0. The molecule has 0 heterocycles. The summed E-state index contributed by atoms with van der Waals surface area (Å²) in [6, 6.07) is 20.2. The normalized spacial score (nSPS) is 11.9. The third-order valence-corrected chi connectivity index (χ3v) is 3.81. The van der Waals surface area contributed by atoms with E-state index in [9.17, 15) is 4.79 Å². The third-order valence-electron chi connectivity index (χ3n) is 3.81. The van der Waals surface area contributed by atoms with Crippen molar-refractivity contribution in [3.05, 3.63) is 66.2 Å². The minimum absolute atomic E-state index is 0.0900. The quantitative estimate of drug-likeness (QED) is 0.780. The van der Waals surface area contributed by atoms with Gasteiger partial charge in [0.1, 0.15) is 0 Å². The molecule has 1 amide bonds. The van der Waals surface area contributed by atoms with Crippen LogP contribution in [-0.2, 0) is 4.79 Å². The molecule has 116 valence electrons. The molecule has 0 aliphatic rings. The molecule has 0 saturated carbocycles. The number of rotatable bonds is 5. The van der Waals surface area contributed by atoms with Crippen LogP contribution >= 0.6 is 0 Å². The second-order valence-corrected chi connectivity index (χ2v) is 5.49. The molecule has 2 aromatic rings. The monoisotopic (exact) mass is 304 g/mol. The smallest absolute Gasteiger partial charge is 0.246 e. The number of amides is 1. The van der Waals surface area contributed by atoms with E-state index in [0.29, 0.717) is 6.42 Å². The lowest BCUT2D eigenvalue weighted by Gasteiger charge is -2.21. The van der Waals surface area contributed by atoms with E-state index < -0.39 is 0 Å². The lowest BCUT2D eigenvalue weighted by atomic mass is 10.0. The Kier molecular flexibility index (Phi) is 5.71. The highest BCUT2D eigenvalue weighted by Crippen LogP contribution is 2.20. The standard InChI is InChI=1S/C20H20N2O/c1-16(13-14-21)22(2)20(23)12-11-17-7-6-10-19(15-17)18-8-4-3-5-9-18/h3-12,15-16H,13H2,1-2H3. The van der Waals surface area contributed by atoms with E-state index in [-0.39, 0.29) is 11.9 Å². The molecule has 23 heavy (non-hydrogen) atoms. The van der Waals surface area contributed by atoms with E-state index in [1.165, 1.54) is 0 Å². The van der Waals surface area contributed by atoms with Crippen molar-refractivity contribution >= 4 is 12.0 Å². The van der Waals surface area contributed by atoms with Gasteiger partial charge in [-0.2, -0.15) is 5.26 Å². The Morgan fingerprint density at radius 3 is 2.57 bits per heavy atom. The van der Waals surface area contributed by atoms with Crippen LogP contribution in [0.3, 0.4) is 0 Å². The van der Waals surface area contributed by atoms with Gasteiger partial charge >= 0.3 is 0 Å². The van der Waals surface area contributed by atoms with Crippen molar-refractivity contribution in [3.8, 4) is 17.2 Å². The molecular formula is C20H20N2O. The van der Waals surface area contributed by atoms with Gasteiger partial charge in [0, 0.05) is 19.2 Å². The maximum atomic E-state index is 12.1. The summed E-state index contributed by atoms with van der Waals surface area (Å²) >= 11 is 0. The van der Waals surface area contributed by atoms with Crippen LogP contribution in [0.15, 0.2) is 60.7 Å². The SMILES string of the molecule is CC(CC#N)N(C)C(=O)C=Cc1cccc(-c2ccccc2)c1. The molecule has 2 rings (SSSR count). The maximum Gasteiger partial charge on any atom is 0.246 e. The first kappa shape index (κ1) is 16.5. The zero-order chi connectivity index (χ0) is 16.7. The minimum Gasteiger partial charge on any atom is -0.338 e. The van der Waals surface area contributed by atoms with Gasteiger partial charge in [-0.3, -0.25) is 4.79 Å². The molecule has 0 N–H and O–H groups in total. The summed E-state index contributed by atoms with van der Waals surface area (Å²) in [5.74, 6) is -0.0992. The van der Waals surface area contributed by atoms with E-state index in [2.05, 4.69) is 30.3 Å². The van der Waals surface area contributed by atoms with Gasteiger partial charge < -0.3 is 4.90 Å². The fraction of sp³-hybridized carbons (Fsp3) is 0.200. The fourth-order valence-electron chi connectivity index (χ4n) is 2.22. The summed E-state index contributed by atoms with van der Waals surface area (Å²) in [7, 11) is 1.72. The molecular weight excluding hydrogens is 284 g/mol. The predicted molar refractivity (Wildman–Crippen MR) is 93.4 cm³/mol. The van der Waals surface area contributed by atoms with E-state index >= 15 is 0 Å². The average Bonchev–Trinajstić information content (AvgIpc) is 2.60. The molecule has 3 nitrogen and oxygen atoms in total. The van der Waals surface area contributed by atoms with Gasteiger partial charge in [-0.05, 0) is 35.8 Å². The number of carbonyl (C=O) groups excluding carboxylic acids is 1. The molecule has 1 atom stereocenters. The second-order valence-electron chi connectivity index (χ2n) is 5.49. The van der Waals surface area contributed by atoms with Gasteiger partial charge in [0.2, 0.25) is 5.91 Å². The summed E-state index contributed by atoms with van der Waals surface area (Å²) < 4.78 is 0. The summed E-state index contributed by atoms with van der Waals surface area (Å²) in [4.78, 5) is 13.7. The minimum atomic E-state index is -0.0992. The van der Waals surface area contributed by atoms with Crippen LogP contribution in [-0.4, -0.2) is 23.9 Å². The molecule has 2 aromatic carbocycles. The topological polar surface area (TPSA) is 44.1 Å². The van der Waals surface area contributed by atoms with Gasteiger partial charge in [-0.1, -0.05) is 48.5 Å². The molecule has 3 heteroatoms. The van der Waals surface area contributed by atoms with Crippen molar-refractivity contribution in [1.29, 1.82) is 5.26 Å². The largest absolute Gasteiger partial charge is 0.338 e. The zero-order valence-electron chi connectivity index (χ0n) is 13.4. The van der Waals surface area contributed by atoms with Crippen LogP contribution in [0.2, 0.25) is 0 Å². The Balaban J connectivity index is 2.12. The molecule has 0 bridgehead atoms. The average molecular weight is 304 g/mol. The Bertz CT molecular complexity index is 729. The van der Waals surface area contributed by atoms with Crippen molar-refractivity contribution in [2.24, 2.45) is 0 Å². The summed E-state index contributed by atoms with van der Waals surface area (Å²) in [5.41, 5.74) is 3.24. The first-order valence-electron chi connectivity index (χ1n) is 7.59. The van der Waals surface area contributed by atoms with Crippen molar-refractivity contribution in [2.45, 2.75) is 19.4 Å². The highest BCUT2D eigenvalue weighted by atomic mass is 16.2. The van der Waals surface area contributed by atoms with E-state index in [1.807, 2.05) is 43.3 Å². The third kappa shape index (κ3) is 4.55. The number of hydrogen-bond acceptors (Lipinski definition) is 2. The second kappa shape index (κ2) is 7.95. The molecule has 0 saturated heterocycles. The van der Waals surface area contributed by atoms with Gasteiger partial charge in [-0.15, -0.1) is 0 Å². The summed E-state index contributed by atoms with van der Waals surface area (Å²) in [5, 5.41) is 8.71. The summed E-state index contributed by atoms with van der Waals surface area (Å²) in [6.45, 7) is 1.87. The zero-order valence-corrected chi connectivity index (χ0v) is 13.4.